The molecule has 0 radical (unpaired) electrons. The normalized spacial score (nSPS) is 10.5. The van der Waals surface area contributed by atoms with Gasteiger partial charge in [-0.15, -0.1) is 0 Å². The van der Waals surface area contributed by atoms with Crippen molar-refractivity contribution in [2.45, 2.75) is 6.92 Å². The Morgan fingerprint density at radius 1 is 1.47 bits per heavy atom. The van der Waals surface area contributed by atoms with E-state index in [1.54, 1.807) is 0 Å². The fourth-order valence-corrected chi connectivity index (χ4v) is 1.43. The smallest absolute Gasteiger partial charge is 0.270 e. The largest absolute Gasteiger partial charge is 0.460 e. The van der Waals surface area contributed by atoms with Crippen LogP contribution in [0.5, 0.6) is 0 Å². The Balaban J connectivity index is 2.66. The lowest BCUT2D eigenvalue weighted by Gasteiger charge is -1.92. The number of nitro benzene ring substituents is 1. The van der Waals surface area contributed by atoms with Gasteiger partial charge in [-0.05, 0) is 6.07 Å². The molecule has 0 bridgehead atoms. The number of non-ortho nitro benzene ring substituents is 1. The Morgan fingerprint density at radius 3 is 2.80 bits per heavy atom. The van der Waals surface area contributed by atoms with Gasteiger partial charge in [0.1, 0.15) is 0 Å². The van der Waals surface area contributed by atoms with Crippen molar-refractivity contribution >= 4 is 22.2 Å². The molecule has 2 aromatic rings. The van der Waals surface area contributed by atoms with Gasteiger partial charge in [-0.2, -0.15) is 0 Å². The van der Waals surface area contributed by atoms with E-state index in [4.69, 9.17) is 4.42 Å². The minimum absolute atomic E-state index is 0.0154. The van der Waals surface area contributed by atoms with Crippen LogP contribution in [0.15, 0.2) is 28.9 Å². The zero-order valence-corrected chi connectivity index (χ0v) is 7.89. The fourth-order valence-electron chi connectivity index (χ4n) is 1.43. The number of hydrogen-bond donors (Lipinski definition) is 0. The summed E-state index contributed by atoms with van der Waals surface area (Å²) in [5, 5.41) is 11.7. The summed E-state index contributed by atoms with van der Waals surface area (Å²) in [4.78, 5) is 21.1. The minimum Gasteiger partial charge on any atom is -0.460 e. The second kappa shape index (κ2) is 3.20. The fraction of sp³-hybridized carbons (Fsp3) is 0.100. The molecule has 0 aliphatic carbocycles. The predicted molar refractivity (Wildman–Crippen MR) is 52.9 cm³/mol. The van der Waals surface area contributed by atoms with Crippen LogP contribution in [-0.2, 0) is 0 Å². The number of benzene rings is 1. The molecule has 0 saturated heterocycles. The van der Waals surface area contributed by atoms with Crippen LogP contribution in [0.3, 0.4) is 0 Å². The molecule has 1 heterocycles. The van der Waals surface area contributed by atoms with Crippen molar-refractivity contribution in [1.29, 1.82) is 0 Å². The van der Waals surface area contributed by atoms with E-state index in [2.05, 4.69) is 0 Å². The molecular formula is C10H7NO4. The molecule has 0 amide bonds. The van der Waals surface area contributed by atoms with E-state index in [0.717, 1.165) is 0 Å². The van der Waals surface area contributed by atoms with Gasteiger partial charge in [-0.1, -0.05) is 0 Å². The van der Waals surface area contributed by atoms with Crippen molar-refractivity contribution in [1.82, 2.24) is 0 Å². The number of carbonyl (C=O) groups excluding carboxylic acids is 1. The SMILES string of the molecule is CC(=O)c1occ2cc([N+](=O)[O-])ccc12. The van der Waals surface area contributed by atoms with E-state index in [1.165, 1.54) is 31.4 Å². The Kier molecular flexibility index (Phi) is 2.00. The van der Waals surface area contributed by atoms with Crippen LogP contribution >= 0.6 is 0 Å². The van der Waals surface area contributed by atoms with Crippen LogP contribution in [0.25, 0.3) is 10.8 Å². The summed E-state index contributed by atoms with van der Waals surface area (Å²) in [5.41, 5.74) is -0.0154. The summed E-state index contributed by atoms with van der Waals surface area (Å²) in [6, 6.07) is 4.25. The summed E-state index contributed by atoms with van der Waals surface area (Å²) >= 11 is 0. The molecule has 0 N–H and O–H groups in total. The van der Waals surface area contributed by atoms with Crippen LogP contribution in [0.4, 0.5) is 5.69 Å². The molecule has 0 atom stereocenters. The van der Waals surface area contributed by atoms with Gasteiger partial charge in [0.25, 0.3) is 5.69 Å². The van der Waals surface area contributed by atoms with Gasteiger partial charge in [0.15, 0.2) is 11.5 Å². The molecule has 76 valence electrons. The molecular weight excluding hydrogens is 198 g/mol. The van der Waals surface area contributed by atoms with Gasteiger partial charge in [-0.3, -0.25) is 14.9 Å². The van der Waals surface area contributed by atoms with Crippen molar-refractivity contribution in [3.05, 3.63) is 40.3 Å². The molecule has 5 nitrogen and oxygen atoms in total. The molecule has 2 rings (SSSR count). The third-order valence-corrected chi connectivity index (χ3v) is 2.11. The first-order valence-corrected chi connectivity index (χ1v) is 4.26. The number of Topliss-reactive ketones (excluding diaryl/α,β-unsaturated/α-hetero) is 1. The number of nitrogens with zero attached hydrogens (tertiary/aromatic N) is 1. The van der Waals surface area contributed by atoms with Gasteiger partial charge in [0, 0.05) is 29.8 Å². The van der Waals surface area contributed by atoms with E-state index >= 15 is 0 Å². The second-order valence-corrected chi connectivity index (χ2v) is 3.15. The van der Waals surface area contributed by atoms with E-state index in [0.29, 0.717) is 10.8 Å². The maximum atomic E-state index is 11.1. The number of rotatable bonds is 2. The summed E-state index contributed by atoms with van der Waals surface area (Å²) < 4.78 is 5.04. The van der Waals surface area contributed by atoms with Crippen LogP contribution in [0.1, 0.15) is 17.5 Å². The predicted octanol–water partition coefficient (Wildman–Crippen LogP) is 2.54. The molecule has 1 aromatic carbocycles. The lowest BCUT2D eigenvalue weighted by atomic mass is 10.1. The average Bonchev–Trinajstić information content (AvgIpc) is 2.59. The van der Waals surface area contributed by atoms with Crippen molar-refractivity contribution in [2.75, 3.05) is 0 Å². The molecule has 0 spiro atoms. The molecule has 0 unspecified atom stereocenters. The number of fused-ring (bicyclic) bond motifs is 1. The van der Waals surface area contributed by atoms with Crippen molar-refractivity contribution in [2.24, 2.45) is 0 Å². The highest BCUT2D eigenvalue weighted by Crippen LogP contribution is 2.25. The Labute approximate surface area is 84.5 Å². The van der Waals surface area contributed by atoms with Crippen molar-refractivity contribution in [3.63, 3.8) is 0 Å². The van der Waals surface area contributed by atoms with Gasteiger partial charge in [0.05, 0.1) is 11.2 Å². The molecule has 0 aliphatic rings. The van der Waals surface area contributed by atoms with Gasteiger partial charge in [0.2, 0.25) is 0 Å². The van der Waals surface area contributed by atoms with Crippen LogP contribution in [0.2, 0.25) is 0 Å². The minimum atomic E-state index is -0.486. The molecule has 5 heteroatoms. The van der Waals surface area contributed by atoms with E-state index in [1.807, 2.05) is 0 Å². The highest BCUT2D eigenvalue weighted by molar-refractivity contribution is 6.05. The third kappa shape index (κ3) is 1.48. The van der Waals surface area contributed by atoms with Crippen LogP contribution < -0.4 is 0 Å². The monoisotopic (exact) mass is 205 g/mol. The van der Waals surface area contributed by atoms with E-state index in [-0.39, 0.29) is 17.2 Å². The number of ketones is 1. The number of nitro groups is 1. The Morgan fingerprint density at radius 2 is 2.20 bits per heavy atom. The lowest BCUT2D eigenvalue weighted by Crippen LogP contribution is -1.90. The third-order valence-electron chi connectivity index (χ3n) is 2.11. The number of hydrogen-bond acceptors (Lipinski definition) is 4. The average molecular weight is 205 g/mol. The zero-order chi connectivity index (χ0) is 11.0. The molecule has 0 aliphatic heterocycles. The maximum Gasteiger partial charge on any atom is 0.270 e. The maximum absolute atomic E-state index is 11.1. The summed E-state index contributed by atoms with van der Waals surface area (Å²) in [7, 11) is 0. The topological polar surface area (TPSA) is 73.3 Å². The molecule has 0 fully saturated rings. The quantitative estimate of drug-likeness (QED) is 0.429. The van der Waals surface area contributed by atoms with E-state index < -0.39 is 4.92 Å². The van der Waals surface area contributed by atoms with Gasteiger partial charge >= 0.3 is 0 Å². The Hall–Kier alpha value is -2.17. The lowest BCUT2D eigenvalue weighted by molar-refractivity contribution is -0.384. The molecule has 1 aromatic heterocycles. The summed E-state index contributed by atoms with van der Waals surface area (Å²) in [6.07, 6.45) is 1.35. The molecule has 0 saturated carbocycles. The summed E-state index contributed by atoms with van der Waals surface area (Å²) in [6.45, 7) is 1.39. The number of furan rings is 1. The second-order valence-electron chi connectivity index (χ2n) is 3.15. The first-order chi connectivity index (χ1) is 7.09. The van der Waals surface area contributed by atoms with Gasteiger partial charge in [-0.25, -0.2) is 0 Å². The highest BCUT2D eigenvalue weighted by Gasteiger charge is 2.13. The zero-order valence-electron chi connectivity index (χ0n) is 7.89. The van der Waals surface area contributed by atoms with E-state index in [9.17, 15) is 14.9 Å². The molecule has 15 heavy (non-hydrogen) atoms. The van der Waals surface area contributed by atoms with Crippen molar-refractivity contribution < 1.29 is 14.1 Å². The van der Waals surface area contributed by atoms with Crippen molar-refractivity contribution in [3.8, 4) is 0 Å². The van der Waals surface area contributed by atoms with Crippen LogP contribution in [-0.4, -0.2) is 10.7 Å². The Bertz CT molecular complexity index is 556. The van der Waals surface area contributed by atoms with Crippen LogP contribution in [0, 0.1) is 10.1 Å². The standard InChI is InChI=1S/C10H7NO4/c1-6(12)10-9-3-2-8(11(13)14)4-7(9)5-15-10/h2-5H,1H3. The first-order valence-electron chi connectivity index (χ1n) is 4.26. The van der Waals surface area contributed by atoms with Gasteiger partial charge < -0.3 is 4.42 Å². The summed E-state index contributed by atoms with van der Waals surface area (Å²) in [5.74, 6) is 0.0405. The first kappa shape index (κ1) is 9.39. The number of carbonyl (C=O) groups is 1. The highest BCUT2D eigenvalue weighted by atomic mass is 16.6.